The molecule has 3 heterocycles. The van der Waals surface area contributed by atoms with Crippen LogP contribution in [0, 0.1) is 0 Å². The van der Waals surface area contributed by atoms with E-state index in [1.165, 1.54) is 0 Å². The van der Waals surface area contributed by atoms with Gasteiger partial charge in [-0.1, -0.05) is 30.3 Å². The molecule has 0 aliphatic rings. The molecule has 7 heteroatoms. The smallest absolute Gasteiger partial charge is 0.157 e. The maximum Gasteiger partial charge on any atom is 0.157 e. The van der Waals surface area contributed by atoms with Crippen molar-refractivity contribution in [3.63, 3.8) is 0 Å². The first-order valence-electron chi connectivity index (χ1n) is 7.79. The molecule has 0 bridgehead atoms. The lowest BCUT2D eigenvalue weighted by Crippen LogP contribution is -2.23. The molecular weight excluding hydrogens is 302 g/mol. The van der Waals surface area contributed by atoms with Gasteiger partial charge >= 0.3 is 0 Å². The largest absolute Gasteiger partial charge is 0.366 e. The van der Waals surface area contributed by atoms with E-state index in [1.807, 2.05) is 34.8 Å². The van der Waals surface area contributed by atoms with Gasteiger partial charge in [0.2, 0.25) is 0 Å². The highest BCUT2D eigenvalue weighted by molar-refractivity contribution is 5.66. The SMILES string of the molecule is CC(Cn1cncn1)Nc1cc(-c2ccccc2)nc2ccnn12. The molecule has 1 N–H and O–H groups in total. The number of hydrogen-bond donors (Lipinski definition) is 1. The fourth-order valence-electron chi connectivity index (χ4n) is 2.68. The molecule has 0 saturated heterocycles. The fourth-order valence-corrected chi connectivity index (χ4v) is 2.68. The number of benzene rings is 1. The van der Waals surface area contributed by atoms with Crippen LogP contribution in [0.1, 0.15) is 6.92 Å². The van der Waals surface area contributed by atoms with Crippen molar-refractivity contribution in [2.75, 3.05) is 5.32 Å². The minimum absolute atomic E-state index is 0.158. The molecule has 0 aliphatic heterocycles. The van der Waals surface area contributed by atoms with Crippen molar-refractivity contribution in [1.82, 2.24) is 29.4 Å². The summed E-state index contributed by atoms with van der Waals surface area (Å²) in [4.78, 5) is 8.66. The minimum Gasteiger partial charge on any atom is -0.366 e. The third-order valence-corrected chi connectivity index (χ3v) is 3.75. The summed E-state index contributed by atoms with van der Waals surface area (Å²) < 4.78 is 3.61. The predicted octanol–water partition coefficient (Wildman–Crippen LogP) is 2.49. The number of anilines is 1. The van der Waals surface area contributed by atoms with Gasteiger partial charge in [-0.05, 0) is 6.92 Å². The highest BCUT2D eigenvalue weighted by Crippen LogP contribution is 2.22. The second-order valence-corrected chi connectivity index (χ2v) is 5.66. The summed E-state index contributed by atoms with van der Waals surface area (Å²) in [5.74, 6) is 0.900. The van der Waals surface area contributed by atoms with Gasteiger partial charge in [-0.25, -0.2) is 9.97 Å². The third-order valence-electron chi connectivity index (χ3n) is 3.75. The Bertz CT molecular complexity index is 928. The fraction of sp³-hybridized carbons (Fsp3) is 0.176. The Balaban J connectivity index is 1.67. The lowest BCUT2D eigenvalue weighted by Gasteiger charge is -2.16. The number of hydrogen-bond acceptors (Lipinski definition) is 5. The van der Waals surface area contributed by atoms with E-state index < -0.39 is 0 Å². The highest BCUT2D eigenvalue weighted by Gasteiger charge is 2.11. The van der Waals surface area contributed by atoms with Gasteiger partial charge in [-0.2, -0.15) is 14.7 Å². The van der Waals surface area contributed by atoms with Gasteiger partial charge in [0, 0.05) is 23.7 Å². The molecular formula is C17H17N7. The lowest BCUT2D eigenvalue weighted by molar-refractivity contribution is 0.557. The average Bonchev–Trinajstić information content (AvgIpc) is 3.27. The summed E-state index contributed by atoms with van der Waals surface area (Å²) in [7, 11) is 0. The van der Waals surface area contributed by atoms with Gasteiger partial charge in [0.15, 0.2) is 5.65 Å². The first-order valence-corrected chi connectivity index (χ1v) is 7.79. The summed E-state index contributed by atoms with van der Waals surface area (Å²) in [6.07, 6.45) is 5.01. The van der Waals surface area contributed by atoms with Crippen LogP contribution < -0.4 is 5.32 Å². The van der Waals surface area contributed by atoms with Gasteiger partial charge in [0.25, 0.3) is 0 Å². The molecule has 120 valence electrons. The Kier molecular flexibility index (Phi) is 3.66. The van der Waals surface area contributed by atoms with Gasteiger partial charge in [-0.3, -0.25) is 4.68 Å². The number of rotatable bonds is 5. The van der Waals surface area contributed by atoms with E-state index in [1.54, 1.807) is 23.5 Å². The van der Waals surface area contributed by atoms with Crippen LogP contribution in [0.2, 0.25) is 0 Å². The van der Waals surface area contributed by atoms with Crippen molar-refractivity contribution >= 4 is 11.5 Å². The quantitative estimate of drug-likeness (QED) is 0.612. The molecule has 0 spiro atoms. The summed E-state index contributed by atoms with van der Waals surface area (Å²) in [5, 5.41) is 12.0. The normalized spacial score (nSPS) is 12.4. The van der Waals surface area contributed by atoms with Crippen molar-refractivity contribution in [3.8, 4) is 11.3 Å². The highest BCUT2D eigenvalue weighted by atomic mass is 15.3. The molecule has 0 aliphatic carbocycles. The molecule has 24 heavy (non-hydrogen) atoms. The monoisotopic (exact) mass is 319 g/mol. The molecule has 1 unspecified atom stereocenters. The first-order chi connectivity index (χ1) is 11.8. The molecule has 7 nitrogen and oxygen atoms in total. The Morgan fingerprint density at radius 3 is 2.79 bits per heavy atom. The predicted molar refractivity (Wildman–Crippen MR) is 91.5 cm³/mol. The molecule has 0 fully saturated rings. The van der Waals surface area contributed by atoms with Gasteiger partial charge in [0.1, 0.15) is 18.5 Å². The van der Waals surface area contributed by atoms with E-state index in [9.17, 15) is 0 Å². The topological polar surface area (TPSA) is 72.9 Å². The Hall–Kier alpha value is -3.22. The summed E-state index contributed by atoms with van der Waals surface area (Å²) in [6.45, 7) is 2.81. The molecule has 0 radical (unpaired) electrons. The van der Waals surface area contributed by atoms with Gasteiger partial charge < -0.3 is 5.32 Å². The van der Waals surface area contributed by atoms with Crippen LogP contribution in [0.5, 0.6) is 0 Å². The number of aromatic nitrogens is 6. The number of nitrogens with one attached hydrogen (secondary N) is 1. The van der Waals surface area contributed by atoms with Crippen LogP contribution in [-0.4, -0.2) is 35.4 Å². The first kappa shape index (κ1) is 14.4. The third kappa shape index (κ3) is 2.83. The Morgan fingerprint density at radius 1 is 1.12 bits per heavy atom. The number of nitrogens with zero attached hydrogens (tertiary/aromatic N) is 6. The zero-order chi connectivity index (χ0) is 16.4. The number of fused-ring (bicyclic) bond motifs is 1. The Morgan fingerprint density at radius 2 is 2.00 bits per heavy atom. The Labute approximate surface area is 139 Å². The van der Waals surface area contributed by atoms with Crippen LogP contribution in [0.3, 0.4) is 0 Å². The van der Waals surface area contributed by atoms with E-state index in [-0.39, 0.29) is 6.04 Å². The van der Waals surface area contributed by atoms with Crippen LogP contribution >= 0.6 is 0 Å². The summed E-state index contributed by atoms with van der Waals surface area (Å²) in [5.41, 5.74) is 2.80. The van der Waals surface area contributed by atoms with E-state index in [0.717, 1.165) is 22.7 Å². The molecule has 0 amide bonds. The van der Waals surface area contributed by atoms with Crippen LogP contribution in [-0.2, 0) is 6.54 Å². The zero-order valence-electron chi connectivity index (χ0n) is 13.2. The van der Waals surface area contributed by atoms with E-state index >= 15 is 0 Å². The standard InChI is InChI=1S/C17H17N7/c1-13(10-23-12-18-11-20-23)21-17-9-15(14-5-3-2-4-6-14)22-16-7-8-19-24(16)17/h2-9,11-13,21H,10H2,1H3. The van der Waals surface area contributed by atoms with Crippen molar-refractivity contribution in [1.29, 1.82) is 0 Å². The van der Waals surface area contributed by atoms with Crippen molar-refractivity contribution in [3.05, 3.63) is 61.3 Å². The molecule has 3 aromatic heterocycles. The molecule has 4 rings (SSSR count). The molecule has 1 atom stereocenters. The second-order valence-electron chi connectivity index (χ2n) is 5.66. The minimum atomic E-state index is 0.158. The maximum absolute atomic E-state index is 4.68. The molecule has 0 saturated carbocycles. The van der Waals surface area contributed by atoms with Crippen molar-refractivity contribution in [2.24, 2.45) is 0 Å². The van der Waals surface area contributed by atoms with E-state index in [0.29, 0.717) is 6.54 Å². The zero-order valence-corrected chi connectivity index (χ0v) is 13.2. The van der Waals surface area contributed by atoms with E-state index in [4.69, 9.17) is 0 Å². The molecule has 1 aromatic carbocycles. The van der Waals surface area contributed by atoms with Gasteiger partial charge in [0.05, 0.1) is 18.4 Å². The second kappa shape index (κ2) is 6.11. The van der Waals surface area contributed by atoms with Crippen LogP contribution in [0.25, 0.3) is 16.9 Å². The average molecular weight is 319 g/mol. The van der Waals surface area contributed by atoms with E-state index in [2.05, 4.69) is 44.5 Å². The van der Waals surface area contributed by atoms with Crippen LogP contribution in [0.15, 0.2) is 61.3 Å². The van der Waals surface area contributed by atoms with Crippen molar-refractivity contribution in [2.45, 2.75) is 19.5 Å². The summed E-state index contributed by atoms with van der Waals surface area (Å²) >= 11 is 0. The van der Waals surface area contributed by atoms with Crippen molar-refractivity contribution < 1.29 is 0 Å². The van der Waals surface area contributed by atoms with Crippen LogP contribution in [0.4, 0.5) is 5.82 Å². The maximum atomic E-state index is 4.68. The van der Waals surface area contributed by atoms with Gasteiger partial charge in [-0.15, -0.1) is 0 Å². The summed E-state index contributed by atoms with van der Waals surface area (Å²) in [6, 6.07) is 14.2. The molecule has 4 aromatic rings. The lowest BCUT2D eigenvalue weighted by atomic mass is 10.1.